The van der Waals surface area contributed by atoms with Gasteiger partial charge in [-0.2, -0.15) is 0 Å². The normalized spacial score (nSPS) is 17.4. The van der Waals surface area contributed by atoms with Crippen LogP contribution in [-0.2, 0) is 16.9 Å². The van der Waals surface area contributed by atoms with Crippen molar-refractivity contribution in [3.05, 3.63) is 11.9 Å². The number of methoxy groups -OCH3 is 1. The number of nitrogens with zero attached hydrogens (tertiary/aromatic N) is 3. The molecule has 0 saturated heterocycles. The molecule has 1 aromatic rings. The zero-order chi connectivity index (χ0) is 11.5. The van der Waals surface area contributed by atoms with Crippen LogP contribution in [0.3, 0.4) is 0 Å². The van der Waals surface area contributed by atoms with E-state index in [2.05, 4.69) is 17.2 Å². The molecule has 0 aliphatic carbocycles. The topological polar surface area (TPSA) is 60.2 Å². The van der Waals surface area contributed by atoms with Gasteiger partial charge in [0, 0.05) is 13.7 Å². The first-order chi connectivity index (χ1) is 7.04. The Bertz CT molecular complexity index is 309. The fourth-order valence-corrected chi connectivity index (χ4v) is 1.46. The predicted molar refractivity (Wildman–Crippen MR) is 56.4 cm³/mol. The summed E-state index contributed by atoms with van der Waals surface area (Å²) in [4.78, 5) is 0. The minimum absolute atomic E-state index is 0.299. The van der Waals surface area contributed by atoms with Gasteiger partial charge in [0.25, 0.3) is 0 Å². The molecular formula is C10H19N3O2. The third-order valence-electron chi connectivity index (χ3n) is 2.72. The summed E-state index contributed by atoms with van der Waals surface area (Å²) in [6.07, 6.45) is 2.24. The molecule has 0 aliphatic rings. The quantitative estimate of drug-likeness (QED) is 0.790. The van der Waals surface area contributed by atoms with Gasteiger partial charge in [-0.05, 0) is 20.3 Å². The average Bonchev–Trinajstić information content (AvgIpc) is 2.66. The third kappa shape index (κ3) is 2.35. The van der Waals surface area contributed by atoms with Crippen molar-refractivity contribution in [2.75, 3.05) is 7.11 Å². The van der Waals surface area contributed by atoms with Gasteiger partial charge in [0.1, 0.15) is 5.60 Å². The Kier molecular flexibility index (Phi) is 3.82. The summed E-state index contributed by atoms with van der Waals surface area (Å²) in [6, 6.07) is 0. The maximum absolute atomic E-state index is 10.3. The lowest BCUT2D eigenvalue weighted by Gasteiger charge is -2.29. The van der Waals surface area contributed by atoms with Crippen LogP contribution in [0.2, 0.25) is 0 Å². The van der Waals surface area contributed by atoms with E-state index in [1.165, 1.54) is 0 Å². The molecule has 0 aliphatic heterocycles. The zero-order valence-corrected chi connectivity index (χ0v) is 9.77. The summed E-state index contributed by atoms with van der Waals surface area (Å²) in [7, 11) is 1.58. The number of aromatic nitrogens is 3. The van der Waals surface area contributed by atoms with Crippen molar-refractivity contribution >= 4 is 0 Å². The number of aryl methyl sites for hydroxylation is 1. The van der Waals surface area contributed by atoms with Gasteiger partial charge in [0.05, 0.1) is 18.0 Å². The fraction of sp³-hybridized carbons (Fsp3) is 0.800. The molecule has 2 atom stereocenters. The van der Waals surface area contributed by atoms with E-state index >= 15 is 0 Å². The van der Waals surface area contributed by atoms with Crippen LogP contribution in [0.1, 0.15) is 32.9 Å². The summed E-state index contributed by atoms with van der Waals surface area (Å²) in [5.74, 6) is 0. The van der Waals surface area contributed by atoms with E-state index in [0.29, 0.717) is 5.69 Å². The molecule has 5 heteroatoms. The summed E-state index contributed by atoms with van der Waals surface area (Å²) in [5, 5.41) is 18.1. The molecule has 86 valence electrons. The first-order valence-electron chi connectivity index (χ1n) is 5.18. The molecule has 15 heavy (non-hydrogen) atoms. The van der Waals surface area contributed by atoms with Gasteiger partial charge in [-0.15, -0.1) is 5.10 Å². The lowest BCUT2D eigenvalue weighted by Crippen LogP contribution is -2.37. The second kappa shape index (κ2) is 4.72. The summed E-state index contributed by atoms with van der Waals surface area (Å²) in [6.45, 7) is 6.34. The molecule has 0 spiro atoms. The minimum Gasteiger partial charge on any atom is -0.381 e. The molecule has 0 bridgehead atoms. The van der Waals surface area contributed by atoms with Crippen LogP contribution in [0.15, 0.2) is 6.20 Å². The van der Waals surface area contributed by atoms with Crippen molar-refractivity contribution in [3.8, 4) is 0 Å². The first kappa shape index (κ1) is 12.1. The number of ether oxygens (including phenoxy) is 1. The van der Waals surface area contributed by atoms with Crippen LogP contribution in [0.5, 0.6) is 0 Å². The third-order valence-corrected chi connectivity index (χ3v) is 2.72. The second-order valence-electron chi connectivity index (χ2n) is 3.87. The van der Waals surface area contributed by atoms with Gasteiger partial charge in [-0.3, -0.25) is 0 Å². The van der Waals surface area contributed by atoms with Gasteiger partial charge >= 0.3 is 0 Å². The van der Waals surface area contributed by atoms with Crippen molar-refractivity contribution in [2.45, 2.75) is 45.4 Å². The Morgan fingerprint density at radius 1 is 1.67 bits per heavy atom. The highest BCUT2D eigenvalue weighted by atomic mass is 16.5. The van der Waals surface area contributed by atoms with E-state index < -0.39 is 5.60 Å². The number of aliphatic hydroxyl groups is 1. The molecule has 1 N–H and O–H groups in total. The highest BCUT2D eigenvalue weighted by Gasteiger charge is 2.34. The molecule has 0 aromatic carbocycles. The molecule has 0 fully saturated rings. The van der Waals surface area contributed by atoms with Gasteiger partial charge in [0.2, 0.25) is 0 Å². The zero-order valence-electron chi connectivity index (χ0n) is 9.77. The van der Waals surface area contributed by atoms with Crippen LogP contribution in [0.4, 0.5) is 0 Å². The van der Waals surface area contributed by atoms with E-state index in [4.69, 9.17) is 4.74 Å². The fourth-order valence-electron chi connectivity index (χ4n) is 1.46. The van der Waals surface area contributed by atoms with Gasteiger partial charge in [0.15, 0.2) is 0 Å². The molecule has 0 saturated carbocycles. The van der Waals surface area contributed by atoms with Gasteiger partial charge in [-0.1, -0.05) is 12.1 Å². The van der Waals surface area contributed by atoms with E-state index in [-0.39, 0.29) is 6.10 Å². The summed E-state index contributed by atoms with van der Waals surface area (Å²) >= 11 is 0. The lowest BCUT2D eigenvalue weighted by molar-refractivity contribution is -0.0823. The molecule has 2 unspecified atom stereocenters. The van der Waals surface area contributed by atoms with E-state index in [9.17, 15) is 5.11 Å². The first-order valence-corrected chi connectivity index (χ1v) is 5.18. The van der Waals surface area contributed by atoms with Crippen molar-refractivity contribution < 1.29 is 9.84 Å². The second-order valence-corrected chi connectivity index (χ2v) is 3.87. The molecule has 1 rings (SSSR count). The van der Waals surface area contributed by atoms with Crippen LogP contribution in [0, 0.1) is 0 Å². The standard InChI is InChI=1S/C10H19N3O2/c1-5-6-13-9(7-11-12-13)10(3,14)8(2)15-4/h7-8,14H,5-6H2,1-4H3. The van der Waals surface area contributed by atoms with Crippen molar-refractivity contribution in [1.29, 1.82) is 0 Å². The molecule has 0 radical (unpaired) electrons. The average molecular weight is 213 g/mol. The highest BCUT2D eigenvalue weighted by Crippen LogP contribution is 2.25. The van der Waals surface area contributed by atoms with Crippen molar-refractivity contribution in [1.82, 2.24) is 15.0 Å². The molecule has 5 nitrogen and oxygen atoms in total. The van der Waals surface area contributed by atoms with E-state index in [1.54, 1.807) is 24.9 Å². The van der Waals surface area contributed by atoms with Crippen LogP contribution in [0.25, 0.3) is 0 Å². The molecule has 1 aromatic heterocycles. The van der Waals surface area contributed by atoms with Gasteiger partial charge < -0.3 is 9.84 Å². The molecular weight excluding hydrogens is 194 g/mol. The molecule has 0 amide bonds. The Labute approximate surface area is 90.1 Å². The van der Waals surface area contributed by atoms with Crippen molar-refractivity contribution in [2.24, 2.45) is 0 Å². The Balaban J connectivity index is 2.97. The van der Waals surface area contributed by atoms with Crippen molar-refractivity contribution in [3.63, 3.8) is 0 Å². The maximum Gasteiger partial charge on any atom is 0.131 e. The van der Waals surface area contributed by atoms with Crippen LogP contribution < -0.4 is 0 Å². The maximum atomic E-state index is 10.3. The molecule has 1 heterocycles. The van der Waals surface area contributed by atoms with Crippen LogP contribution in [-0.4, -0.2) is 33.3 Å². The number of hydrogen-bond acceptors (Lipinski definition) is 4. The monoisotopic (exact) mass is 213 g/mol. The Morgan fingerprint density at radius 3 is 2.87 bits per heavy atom. The predicted octanol–water partition coefficient (Wildman–Crippen LogP) is 0.930. The smallest absolute Gasteiger partial charge is 0.131 e. The summed E-state index contributed by atoms with van der Waals surface area (Å²) in [5.41, 5.74) is -0.369. The number of rotatable bonds is 5. The Hall–Kier alpha value is -0.940. The lowest BCUT2D eigenvalue weighted by atomic mass is 9.96. The Morgan fingerprint density at radius 2 is 2.33 bits per heavy atom. The highest BCUT2D eigenvalue weighted by molar-refractivity contribution is 5.08. The van der Waals surface area contributed by atoms with E-state index in [0.717, 1.165) is 13.0 Å². The SMILES string of the molecule is CCCn1nncc1C(C)(O)C(C)OC. The van der Waals surface area contributed by atoms with Crippen LogP contribution >= 0.6 is 0 Å². The number of hydrogen-bond donors (Lipinski definition) is 1. The summed E-state index contributed by atoms with van der Waals surface area (Å²) < 4.78 is 6.87. The van der Waals surface area contributed by atoms with E-state index in [1.807, 2.05) is 6.92 Å². The van der Waals surface area contributed by atoms with Gasteiger partial charge in [-0.25, -0.2) is 4.68 Å². The largest absolute Gasteiger partial charge is 0.381 e. The minimum atomic E-state index is -1.06.